The molecule has 1 N–H and O–H groups in total. The second kappa shape index (κ2) is 8.66. The smallest absolute Gasteiger partial charge is 0.225 e. The lowest BCUT2D eigenvalue weighted by Crippen LogP contribution is -2.49. The highest BCUT2D eigenvalue weighted by molar-refractivity contribution is 5.84. The van der Waals surface area contributed by atoms with E-state index in [9.17, 15) is 9.59 Å². The van der Waals surface area contributed by atoms with E-state index in [2.05, 4.69) is 20.5 Å². The average molecular weight is 387 g/mol. The van der Waals surface area contributed by atoms with Crippen LogP contribution in [0.25, 0.3) is 11.0 Å². The summed E-state index contributed by atoms with van der Waals surface area (Å²) in [5.41, 5.74) is 2.30. The predicted molar refractivity (Wildman–Crippen MR) is 100 cm³/mol. The van der Waals surface area contributed by atoms with Gasteiger partial charge in [0.15, 0.2) is 0 Å². The molecular weight excluding hydrogens is 362 g/mol. The summed E-state index contributed by atoms with van der Waals surface area (Å²) in [7, 11) is 0. The molecular formula is C19H25N5O4. The van der Waals surface area contributed by atoms with Crippen LogP contribution in [0, 0.1) is 5.92 Å². The number of rotatable bonds is 6. The molecule has 0 saturated carbocycles. The van der Waals surface area contributed by atoms with Crippen LogP contribution < -0.4 is 5.32 Å². The molecule has 2 aliphatic heterocycles. The molecule has 3 heterocycles. The molecule has 150 valence electrons. The highest BCUT2D eigenvalue weighted by Gasteiger charge is 2.30. The number of hydrogen-bond donors (Lipinski definition) is 1. The Bertz CT molecular complexity index is 833. The maximum absolute atomic E-state index is 12.6. The number of benzene rings is 1. The van der Waals surface area contributed by atoms with E-state index in [4.69, 9.17) is 9.37 Å². The van der Waals surface area contributed by atoms with E-state index in [0.29, 0.717) is 43.5 Å². The third-order valence-electron chi connectivity index (χ3n) is 5.45. The largest absolute Gasteiger partial charge is 0.379 e. The van der Waals surface area contributed by atoms with Crippen LogP contribution in [0.2, 0.25) is 0 Å². The van der Waals surface area contributed by atoms with E-state index >= 15 is 0 Å². The zero-order valence-electron chi connectivity index (χ0n) is 15.8. The van der Waals surface area contributed by atoms with Gasteiger partial charge in [-0.15, -0.1) is 0 Å². The Kier molecular flexibility index (Phi) is 5.82. The minimum absolute atomic E-state index is 0.0118. The number of fused-ring (bicyclic) bond motifs is 1. The second-order valence-electron chi connectivity index (χ2n) is 7.33. The molecule has 4 rings (SSSR count). The third kappa shape index (κ3) is 4.48. The number of aromatic nitrogens is 2. The van der Waals surface area contributed by atoms with Gasteiger partial charge in [0, 0.05) is 45.7 Å². The van der Waals surface area contributed by atoms with Crippen LogP contribution in [0.15, 0.2) is 22.8 Å². The first-order valence-electron chi connectivity index (χ1n) is 9.76. The molecule has 9 heteroatoms. The number of piperidine rings is 1. The molecule has 2 saturated heterocycles. The number of carbonyl (C=O) groups is 2. The molecule has 2 amide bonds. The average Bonchev–Trinajstić information content (AvgIpc) is 3.20. The van der Waals surface area contributed by atoms with Crippen LogP contribution >= 0.6 is 0 Å². The van der Waals surface area contributed by atoms with E-state index in [0.717, 1.165) is 38.4 Å². The van der Waals surface area contributed by atoms with Crippen LogP contribution in [0.1, 0.15) is 18.4 Å². The van der Waals surface area contributed by atoms with Crippen LogP contribution in [-0.2, 0) is 20.9 Å². The number of carbonyl (C=O) groups excluding carboxylic acids is 2. The molecule has 0 spiro atoms. The van der Waals surface area contributed by atoms with E-state index in [1.165, 1.54) is 0 Å². The fourth-order valence-corrected chi connectivity index (χ4v) is 3.70. The maximum atomic E-state index is 12.6. The molecule has 9 nitrogen and oxygen atoms in total. The van der Waals surface area contributed by atoms with Crippen molar-refractivity contribution in [2.75, 3.05) is 45.9 Å². The summed E-state index contributed by atoms with van der Waals surface area (Å²) in [5.74, 6) is -0.0385. The lowest BCUT2D eigenvalue weighted by molar-refractivity contribution is -0.138. The fourth-order valence-electron chi connectivity index (χ4n) is 3.70. The number of nitrogens with one attached hydrogen (secondary N) is 1. The van der Waals surface area contributed by atoms with Gasteiger partial charge in [0.25, 0.3) is 0 Å². The Morgan fingerprint density at radius 2 is 2.00 bits per heavy atom. The molecule has 28 heavy (non-hydrogen) atoms. The SMILES string of the molecule is O=C(NCc1ccc2nonc2c1)[C@@H]1CCC(=O)N(CCN2CCOCC2)C1. The normalized spacial score (nSPS) is 21.2. The number of amides is 2. The Morgan fingerprint density at radius 1 is 1.18 bits per heavy atom. The molecule has 0 bridgehead atoms. The monoisotopic (exact) mass is 387 g/mol. The summed E-state index contributed by atoms with van der Waals surface area (Å²) in [6, 6.07) is 5.57. The van der Waals surface area contributed by atoms with Crippen molar-refractivity contribution in [3.63, 3.8) is 0 Å². The minimum atomic E-state index is -0.167. The van der Waals surface area contributed by atoms with Crippen molar-refractivity contribution in [3.05, 3.63) is 23.8 Å². The first-order valence-corrected chi connectivity index (χ1v) is 9.76. The van der Waals surface area contributed by atoms with Crippen LogP contribution in [0.3, 0.4) is 0 Å². The van der Waals surface area contributed by atoms with E-state index in [-0.39, 0.29) is 17.7 Å². The molecule has 0 unspecified atom stereocenters. The van der Waals surface area contributed by atoms with Gasteiger partial charge in [0.05, 0.1) is 19.1 Å². The standard InChI is InChI=1S/C19H25N5O4/c25-18-4-2-15(13-24(18)6-5-23-7-9-27-10-8-23)19(26)20-12-14-1-3-16-17(11-14)22-28-21-16/h1,3,11,15H,2,4-10,12-13H2,(H,20,26)/t15-/m1/s1. The molecule has 1 aromatic carbocycles. The Hall–Kier alpha value is -2.52. The number of morpholine rings is 1. The number of ether oxygens (including phenoxy) is 1. The lowest BCUT2D eigenvalue weighted by Gasteiger charge is -2.34. The third-order valence-corrected chi connectivity index (χ3v) is 5.45. The van der Waals surface area contributed by atoms with E-state index in [1.54, 1.807) is 0 Å². The Labute approximate surface area is 162 Å². The van der Waals surface area contributed by atoms with Gasteiger partial charge in [0.2, 0.25) is 11.8 Å². The molecule has 2 aromatic rings. The highest BCUT2D eigenvalue weighted by atomic mass is 16.6. The van der Waals surface area contributed by atoms with Gasteiger partial charge in [-0.2, -0.15) is 0 Å². The van der Waals surface area contributed by atoms with Gasteiger partial charge in [-0.05, 0) is 34.4 Å². The predicted octanol–water partition coefficient (Wildman–Crippen LogP) is 0.410. The summed E-state index contributed by atoms with van der Waals surface area (Å²) >= 11 is 0. The minimum Gasteiger partial charge on any atom is -0.379 e. The zero-order valence-corrected chi connectivity index (χ0v) is 15.8. The van der Waals surface area contributed by atoms with Crippen LogP contribution in [-0.4, -0.2) is 77.9 Å². The fraction of sp³-hybridized carbons (Fsp3) is 0.579. The topological polar surface area (TPSA) is 101 Å². The molecule has 2 fully saturated rings. The van der Waals surface area contributed by atoms with Gasteiger partial charge in [-0.25, -0.2) is 4.63 Å². The van der Waals surface area contributed by atoms with Crippen molar-refractivity contribution in [2.24, 2.45) is 5.92 Å². The van der Waals surface area contributed by atoms with E-state index < -0.39 is 0 Å². The Morgan fingerprint density at radius 3 is 2.86 bits per heavy atom. The Balaban J connectivity index is 1.27. The molecule has 1 aromatic heterocycles. The van der Waals surface area contributed by atoms with Crippen molar-refractivity contribution in [2.45, 2.75) is 19.4 Å². The maximum Gasteiger partial charge on any atom is 0.225 e. The molecule has 0 aliphatic carbocycles. The zero-order chi connectivity index (χ0) is 19.3. The first-order chi connectivity index (χ1) is 13.7. The summed E-state index contributed by atoms with van der Waals surface area (Å²) in [6.45, 7) is 5.69. The second-order valence-corrected chi connectivity index (χ2v) is 7.33. The molecule has 1 atom stereocenters. The van der Waals surface area contributed by atoms with Gasteiger partial charge < -0.3 is 15.0 Å². The summed E-state index contributed by atoms with van der Waals surface area (Å²) in [6.07, 6.45) is 1.03. The van der Waals surface area contributed by atoms with Crippen molar-refractivity contribution in [1.82, 2.24) is 25.4 Å². The molecule has 2 aliphatic rings. The lowest BCUT2D eigenvalue weighted by atomic mass is 9.96. The van der Waals surface area contributed by atoms with Crippen molar-refractivity contribution in [1.29, 1.82) is 0 Å². The summed E-state index contributed by atoms with van der Waals surface area (Å²) < 4.78 is 10.0. The van der Waals surface area contributed by atoms with Gasteiger partial charge in [-0.1, -0.05) is 6.07 Å². The van der Waals surface area contributed by atoms with Gasteiger partial charge >= 0.3 is 0 Å². The molecule has 0 radical (unpaired) electrons. The highest BCUT2D eigenvalue weighted by Crippen LogP contribution is 2.18. The van der Waals surface area contributed by atoms with Crippen molar-refractivity contribution < 1.29 is 19.0 Å². The number of nitrogens with zero attached hydrogens (tertiary/aromatic N) is 4. The summed E-state index contributed by atoms with van der Waals surface area (Å²) in [5, 5.41) is 10.6. The van der Waals surface area contributed by atoms with Crippen molar-refractivity contribution >= 4 is 22.8 Å². The first kappa shape index (κ1) is 18.8. The van der Waals surface area contributed by atoms with Crippen LogP contribution in [0.4, 0.5) is 0 Å². The number of likely N-dealkylation sites (tertiary alicyclic amines) is 1. The van der Waals surface area contributed by atoms with Gasteiger partial charge in [0.1, 0.15) is 11.0 Å². The van der Waals surface area contributed by atoms with Gasteiger partial charge in [-0.3, -0.25) is 14.5 Å². The number of hydrogen-bond acceptors (Lipinski definition) is 7. The quantitative estimate of drug-likeness (QED) is 0.766. The van der Waals surface area contributed by atoms with E-state index in [1.807, 2.05) is 23.1 Å². The van der Waals surface area contributed by atoms with Crippen molar-refractivity contribution in [3.8, 4) is 0 Å². The summed E-state index contributed by atoms with van der Waals surface area (Å²) in [4.78, 5) is 29.0. The van der Waals surface area contributed by atoms with Crippen LogP contribution in [0.5, 0.6) is 0 Å².